The van der Waals surface area contributed by atoms with E-state index in [0.717, 1.165) is 31.7 Å². The van der Waals surface area contributed by atoms with E-state index in [-0.39, 0.29) is 41.3 Å². The predicted octanol–water partition coefficient (Wildman–Crippen LogP) is 4.05. The van der Waals surface area contributed by atoms with Crippen molar-refractivity contribution in [3.63, 3.8) is 0 Å². The molecule has 1 amide bonds. The molecule has 41 heavy (non-hydrogen) atoms. The van der Waals surface area contributed by atoms with Gasteiger partial charge in [-0.3, -0.25) is 9.69 Å². The van der Waals surface area contributed by atoms with Crippen LogP contribution in [0.25, 0.3) is 0 Å². The zero-order valence-corrected chi connectivity index (χ0v) is 23.6. The second-order valence-electron chi connectivity index (χ2n) is 11.1. The first kappa shape index (κ1) is 27.3. The maximum atomic E-state index is 14.3. The SMILES string of the molecule is CC1COC[C@H](C)N1C(=O)c1cc(F)ccc1Oc1nncnc1N1CCC(Oc2cccc3c2CN(C)C3)CC1. The Morgan fingerprint density at radius 2 is 1.83 bits per heavy atom. The van der Waals surface area contributed by atoms with Gasteiger partial charge in [-0.1, -0.05) is 12.1 Å². The largest absolute Gasteiger partial charge is 0.490 e. The molecule has 0 aliphatic carbocycles. The summed E-state index contributed by atoms with van der Waals surface area (Å²) in [5.41, 5.74) is 2.72. The number of morpholine rings is 1. The molecule has 3 aromatic rings. The molecule has 0 spiro atoms. The first-order valence-corrected chi connectivity index (χ1v) is 14.1. The molecular weight excluding hydrogens is 527 g/mol. The van der Waals surface area contributed by atoms with Gasteiger partial charge in [0.2, 0.25) is 0 Å². The topological polar surface area (TPSA) is 93.1 Å². The molecule has 3 aliphatic heterocycles. The fraction of sp³-hybridized carbons (Fsp3) is 0.467. The van der Waals surface area contributed by atoms with Gasteiger partial charge in [0.1, 0.15) is 29.7 Å². The number of aromatic nitrogens is 3. The molecule has 0 radical (unpaired) electrons. The van der Waals surface area contributed by atoms with Crippen LogP contribution in [0, 0.1) is 5.82 Å². The normalized spacial score (nSPS) is 21.6. The lowest BCUT2D eigenvalue weighted by Crippen LogP contribution is -2.52. The zero-order chi connectivity index (χ0) is 28.5. The fourth-order valence-electron chi connectivity index (χ4n) is 5.98. The summed E-state index contributed by atoms with van der Waals surface area (Å²) in [6, 6.07) is 9.90. The Morgan fingerprint density at radius 3 is 2.61 bits per heavy atom. The molecule has 4 heterocycles. The Balaban J connectivity index is 1.17. The van der Waals surface area contributed by atoms with Gasteiger partial charge < -0.3 is 24.0 Å². The summed E-state index contributed by atoms with van der Waals surface area (Å²) in [7, 11) is 2.12. The number of benzene rings is 2. The number of rotatable bonds is 6. The van der Waals surface area contributed by atoms with E-state index in [0.29, 0.717) is 32.1 Å². The van der Waals surface area contributed by atoms with Crippen LogP contribution in [0.2, 0.25) is 0 Å². The van der Waals surface area contributed by atoms with E-state index in [9.17, 15) is 9.18 Å². The zero-order valence-electron chi connectivity index (χ0n) is 23.6. The molecule has 10 nitrogen and oxygen atoms in total. The van der Waals surface area contributed by atoms with Crippen LogP contribution in [-0.2, 0) is 17.8 Å². The lowest BCUT2D eigenvalue weighted by atomic mass is 10.1. The minimum Gasteiger partial charge on any atom is -0.490 e. The molecule has 0 saturated carbocycles. The van der Waals surface area contributed by atoms with Gasteiger partial charge in [-0.15, -0.1) is 10.2 Å². The smallest absolute Gasteiger partial charge is 0.282 e. The summed E-state index contributed by atoms with van der Waals surface area (Å²) in [4.78, 5) is 24.1. The van der Waals surface area contributed by atoms with Crippen molar-refractivity contribution in [2.45, 2.75) is 58.0 Å². The first-order valence-electron chi connectivity index (χ1n) is 14.1. The highest BCUT2D eigenvalue weighted by Crippen LogP contribution is 2.35. The third-order valence-corrected chi connectivity index (χ3v) is 7.99. The maximum absolute atomic E-state index is 14.3. The summed E-state index contributed by atoms with van der Waals surface area (Å²) in [6.45, 7) is 7.88. The van der Waals surface area contributed by atoms with E-state index >= 15 is 0 Å². The van der Waals surface area contributed by atoms with Crippen LogP contribution in [0.1, 0.15) is 48.2 Å². The fourth-order valence-corrected chi connectivity index (χ4v) is 5.98. The lowest BCUT2D eigenvalue weighted by Gasteiger charge is -2.39. The number of fused-ring (bicyclic) bond motifs is 1. The van der Waals surface area contributed by atoms with E-state index < -0.39 is 5.82 Å². The van der Waals surface area contributed by atoms with Crippen molar-refractivity contribution < 1.29 is 23.4 Å². The molecule has 216 valence electrons. The highest BCUT2D eigenvalue weighted by molar-refractivity contribution is 5.97. The van der Waals surface area contributed by atoms with Crippen LogP contribution in [0.4, 0.5) is 10.2 Å². The van der Waals surface area contributed by atoms with E-state index in [1.807, 2.05) is 13.8 Å². The van der Waals surface area contributed by atoms with E-state index in [1.54, 1.807) is 4.90 Å². The summed E-state index contributed by atoms with van der Waals surface area (Å²) in [6.07, 6.45) is 3.07. The summed E-state index contributed by atoms with van der Waals surface area (Å²) >= 11 is 0. The molecule has 2 aromatic carbocycles. The minimum absolute atomic E-state index is 0.0849. The molecule has 6 rings (SSSR count). The Bertz CT molecular complexity index is 1410. The van der Waals surface area contributed by atoms with Gasteiger partial charge in [0.25, 0.3) is 11.8 Å². The number of hydrogen-bond acceptors (Lipinski definition) is 9. The molecular formula is C30H35FN6O4. The van der Waals surface area contributed by atoms with Crippen molar-refractivity contribution >= 4 is 11.7 Å². The van der Waals surface area contributed by atoms with Gasteiger partial charge in [0, 0.05) is 44.6 Å². The van der Waals surface area contributed by atoms with Crippen LogP contribution in [-0.4, -0.2) is 82.4 Å². The van der Waals surface area contributed by atoms with Gasteiger partial charge in [0.15, 0.2) is 5.82 Å². The summed E-state index contributed by atoms with van der Waals surface area (Å²) in [5.74, 6) is 1.01. The monoisotopic (exact) mass is 562 g/mol. The lowest BCUT2D eigenvalue weighted by molar-refractivity contribution is -0.0250. The van der Waals surface area contributed by atoms with Gasteiger partial charge in [-0.25, -0.2) is 9.37 Å². The summed E-state index contributed by atoms with van der Waals surface area (Å²) < 4.78 is 32.5. The van der Waals surface area contributed by atoms with Crippen LogP contribution >= 0.6 is 0 Å². The van der Waals surface area contributed by atoms with Gasteiger partial charge in [-0.05, 0) is 50.7 Å². The van der Waals surface area contributed by atoms with E-state index in [1.165, 1.54) is 35.7 Å². The third kappa shape index (κ3) is 5.69. The number of ether oxygens (including phenoxy) is 3. The van der Waals surface area contributed by atoms with Crippen molar-refractivity contribution in [1.29, 1.82) is 0 Å². The number of amides is 1. The number of carbonyl (C=O) groups is 1. The third-order valence-electron chi connectivity index (χ3n) is 7.99. The number of piperidine rings is 1. The van der Waals surface area contributed by atoms with Crippen LogP contribution in [0.15, 0.2) is 42.7 Å². The number of nitrogens with zero attached hydrogens (tertiary/aromatic N) is 6. The average Bonchev–Trinajstić information content (AvgIpc) is 3.36. The second-order valence-corrected chi connectivity index (χ2v) is 11.1. The molecule has 3 aliphatic rings. The minimum atomic E-state index is -0.524. The Morgan fingerprint density at radius 1 is 1.05 bits per heavy atom. The quantitative estimate of drug-likeness (QED) is 0.441. The molecule has 2 atom stereocenters. The summed E-state index contributed by atoms with van der Waals surface area (Å²) in [5, 5.41) is 8.12. The number of anilines is 1. The average molecular weight is 563 g/mol. The first-order chi connectivity index (χ1) is 19.9. The van der Waals surface area contributed by atoms with E-state index in [4.69, 9.17) is 14.2 Å². The standard InChI is InChI=1S/C30H35FN6O4/c1-19-16-39-17-20(2)37(19)30(38)24-13-22(31)7-8-27(24)41-29-28(32-18-33-34-29)36-11-9-23(10-12-36)40-26-6-4-5-21-14-35(3)15-25(21)26/h4-8,13,18-20,23H,9-12,14-17H2,1-3H3/t19-,20?/m0/s1. The predicted molar refractivity (Wildman–Crippen MR) is 150 cm³/mol. The molecule has 0 bridgehead atoms. The Hall–Kier alpha value is -3.83. The highest BCUT2D eigenvalue weighted by atomic mass is 19.1. The van der Waals surface area contributed by atoms with Crippen molar-refractivity contribution in [1.82, 2.24) is 25.0 Å². The molecule has 11 heteroatoms. The van der Waals surface area contributed by atoms with Crippen molar-refractivity contribution in [3.8, 4) is 17.4 Å². The molecule has 1 unspecified atom stereocenters. The second kappa shape index (κ2) is 11.6. The number of hydrogen-bond donors (Lipinski definition) is 0. The molecule has 0 N–H and O–H groups in total. The van der Waals surface area contributed by atoms with Crippen molar-refractivity contribution in [2.75, 3.05) is 38.3 Å². The van der Waals surface area contributed by atoms with Gasteiger partial charge in [-0.2, -0.15) is 0 Å². The molecule has 2 saturated heterocycles. The Kier molecular flexibility index (Phi) is 7.72. The highest BCUT2D eigenvalue weighted by Gasteiger charge is 2.33. The van der Waals surface area contributed by atoms with E-state index in [2.05, 4.69) is 50.2 Å². The van der Waals surface area contributed by atoms with Crippen LogP contribution < -0.4 is 14.4 Å². The molecule has 2 fully saturated rings. The van der Waals surface area contributed by atoms with Gasteiger partial charge >= 0.3 is 0 Å². The van der Waals surface area contributed by atoms with Crippen molar-refractivity contribution in [2.24, 2.45) is 0 Å². The number of carbonyl (C=O) groups excluding carboxylic acids is 1. The van der Waals surface area contributed by atoms with Crippen LogP contribution in [0.5, 0.6) is 17.4 Å². The van der Waals surface area contributed by atoms with Crippen LogP contribution in [0.3, 0.4) is 0 Å². The van der Waals surface area contributed by atoms with Crippen molar-refractivity contribution in [3.05, 3.63) is 65.2 Å². The van der Waals surface area contributed by atoms with Gasteiger partial charge in [0.05, 0.1) is 30.9 Å². The maximum Gasteiger partial charge on any atom is 0.282 e. The Labute approximate surface area is 239 Å². The molecule has 1 aromatic heterocycles. The number of halogens is 1.